The van der Waals surface area contributed by atoms with E-state index in [4.69, 9.17) is 10.4 Å². The Bertz CT molecular complexity index is 384. The van der Waals surface area contributed by atoms with Gasteiger partial charge in [-0.15, -0.1) is 0 Å². The van der Waals surface area contributed by atoms with Crippen LogP contribution in [0.3, 0.4) is 0 Å². The molecule has 0 unspecified atom stereocenters. The van der Waals surface area contributed by atoms with Crippen LogP contribution in [0.1, 0.15) is 21.6 Å². The Kier molecular flexibility index (Phi) is 2.98. The maximum absolute atomic E-state index is 10.5. The van der Waals surface area contributed by atoms with Crippen LogP contribution in [0.4, 0.5) is 0 Å². The Morgan fingerprint density at radius 3 is 2.92 bits per heavy atom. The summed E-state index contributed by atoms with van der Waals surface area (Å²) in [6.07, 6.45) is 1.26. The van der Waals surface area contributed by atoms with Gasteiger partial charge in [-0.25, -0.2) is 9.78 Å². The highest BCUT2D eigenvalue weighted by molar-refractivity contribution is 9.08. The molecule has 0 aliphatic carbocycles. The minimum Gasteiger partial charge on any atom is -0.477 e. The number of alkyl halides is 1. The average Bonchev–Trinajstić information content (AvgIpc) is 2.16. The summed E-state index contributed by atoms with van der Waals surface area (Å²) in [6.45, 7) is 0. The van der Waals surface area contributed by atoms with Crippen LogP contribution in [0.2, 0.25) is 0 Å². The van der Waals surface area contributed by atoms with E-state index in [1.54, 1.807) is 0 Å². The van der Waals surface area contributed by atoms with Gasteiger partial charge in [0, 0.05) is 11.5 Å². The molecule has 0 aliphatic heterocycles. The molecular weight excluding hydrogens is 236 g/mol. The average molecular weight is 241 g/mol. The number of aromatic nitrogens is 1. The Balaban J connectivity index is 3.23. The van der Waals surface area contributed by atoms with E-state index in [2.05, 4.69) is 20.9 Å². The van der Waals surface area contributed by atoms with Gasteiger partial charge in [0.1, 0.15) is 11.8 Å². The highest BCUT2D eigenvalue weighted by atomic mass is 79.9. The molecule has 0 aromatic carbocycles. The van der Waals surface area contributed by atoms with E-state index in [0.29, 0.717) is 16.5 Å². The number of aromatic carboxylic acids is 1. The number of carboxylic acids is 1. The SMILES string of the molecule is N#Cc1cnc(C(=O)O)cc1CBr. The molecule has 1 aromatic heterocycles. The number of halogens is 1. The van der Waals surface area contributed by atoms with Crippen LogP contribution in [-0.2, 0) is 5.33 Å². The summed E-state index contributed by atoms with van der Waals surface area (Å²) in [4.78, 5) is 14.1. The summed E-state index contributed by atoms with van der Waals surface area (Å²) >= 11 is 3.16. The Labute approximate surface area is 83.0 Å². The lowest BCUT2D eigenvalue weighted by Crippen LogP contribution is -2.02. The smallest absolute Gasteiger partial charge is 0.354 e. The predicted molar refractivity (Wildman–Crippen MR) is 48.5 cm³/mol. The van der Waals surface area contributed by atoms with Crippen molar-refractivity contribution in [1.82, 2.24) is 4.98 Å². The number of nitriles is 1. The Morgan fingerprint density at radius 1 is 1.77 bits per heavy atom. The quantitative estimate of drug-likeness (QED) is 0.797. The van der Waals surface area contributed by atoms with E-state index < -0.39 is 5.97 Å². The van der Waals surface area contributed by atoms with Crippen molar-refractivity contribution in [2.45, 2.75) is 5.33 Å². The summed E-state index contributed by atoms with van der Waals surface area (Å²) in [5.74, 6) is -1.09. The molecule has 13 heavy (non-hydrogen) atoms. The summed E-state index contributed by atoms with van der Waals surface area (Å²) < 4.78 is 0. The normalized spacial score (nSPS) is 9.23. The Hall–Kier alpha value is -1.41. The standard InChI is InChI=1S/C8H5BrN2O2/c9-2-5-1-7(8(12)13)11-4-6(5)3-10/h1,4H,2H2,(H,12,13). The molecule has 0 radical (unpaired) electrons. The number of pyridine rings is 1. The topological polar surface area (TPSA) is 74.0 Å². The third kappa shape index (κ3) is 2.04. The molecule has 66 valence electrons. The first-order chi connectivity index (χ1) is 6.19. The Morgan fingerprint density at radius 2 is 2.46 bits per heavy atom. The monoisotopic (exact) mass is 240 g/mol. The van der Waals surface area contributed by atoms with Crippen LogP contribution in [0.25, 0.3) is 0 Å². The zero-order chi connectivity index (χ0) is 9.84. The molecule has 5 heteroatoms. The molecule has 0 atom stereocenters. The zero-order valence-corrected chi connectivity index (χ0v) is 8.08. The highest BCUT2D eigenvalue weighted by Gasteiger charge is 2.08. The van der Waals surface area contributed by atoms with Gasteiger partial charge in [0.05, 0.1) is 5.56 Å². The van der Waals surface area contributed by atoms with Crippen LogP contribution < -0.4 is 0 Å². The van der Waals surface area contributed by atoms with Crippen molar-refractivity contribution in [1.29, 1.82) is 5.26 Å². The van der Waals surface area contributed by atoms with E-state index in [0.717, 1.165) is 0 Å². The van der Waals surface area contributed by atoms with Crippen LogP contribution in [0.5, 0.6) is 0 Å². The minimum absolute atomic E-state index is 0.0477. The first-order valence-electron chi connectivity index (χ1n) is 3.37. The molecule has 1 N–H and O–H groups in total. The summed E-state index contributed by atoms with van der Waals surface area (Å²) in [7, 11) is 0. The van der Waals surface area contributed by atoms with Gasteiger partial charge in [-0.2, -0.15) is 5.26 Å². The molecule has 1 aromatic rings. The van der Waals surface area contributed by atoms with Gasteiger partial charge in [0.25, 0.3) is 0 Å². The molecule has 1 heterocycles. The van der Waals surface area contributed by atoms with Crippen LogP contribution >= 0.6 is 15.9 Å². The molecule has 0 spiro atoms. The number of hydrogen-bond donors (Lipinski definition) is 1. The second kappa shape index (κ2) is 4.01. The van der Waals surface area contributed by atoms with Gasteiger partial charge < -0.3 is 5.11 Å². The first kappa shape index (κ1) is 9.68. The van der Waals surface area contributed by atoms with Crippen LogP contribution in [0, 0.1) is 11.3 Å². The fourth-order valence-electron chi connectivity index (χ4n) is 0.825. The van der Waals surface area contributed by atoms with Crippen molar-refractivity contribution in [3.05, 3.63) is 29.1 Å². The molecule has 0 saturated heterocycles. The summed E-state index contributed by atoms with van der Waals surface area (Å²) in [6, 6.07) is 3.31. The first-order valence-corrected chi connectivity index (χ1v) is 4.49. The van der Waals surface area contributed by atoms with Gasteiger partial charge in [0.2, 0.25) is 0 Å². The molecule has 0 saturated carbocycles. The lowest BCUT2D eigenvalue weighted by molar-refractivity contribution is 0.0690. The maximum atomic E-state index is 10.5. The number of nitrogens with zero attached hydrogens (tertiary/aromatic N) is 2. The molecular formula is C8H5BrN2O2. The third-order valence-corrected chi connectivity index (χ3v) is 2.08. The fraction of sp³-hybridized carbons (Fsp3) is 0.125. The molecule has 4 nitrogen and oxygen atoms in total. The molecule has 0 aliphatic rings. The van der Waals surface area contributed by atoms with E-state index in [-0.39, 0.29) is 5.69 Å². The zero-order valence-electron chi connectivity index (χ0n) is 6.49. The third-order valence-electron chi connectivity index (χ3n) is 1.47. The fourth-order valence-corrected chi connectivity index (χ4v) is 1.29. The van der Waals surface area contributed by atoms with Crippen molar-refractivity contribution in [3.8, 4) is 6.07 Å². The lowest BCUT2D eigenvalue weighted by Gasteiger charge is -1.99. The number of carbonyl (C=O) groups is 1. The number of carboxylic acid groups (broad SMARTS) is 1. The second-order valence-corrected chi connectivity index (χ2v) is 2.84. The second-order valence-electron chi connectivity index (χ2n) is 2.28. The van der Waals surface area contributed by atoms with Gasteiger partial charge in [0.15, 0.2) is 0 Å². The van der Waals surface area contributed by atoms with E-state index in [1.807, 2.05) is 6.07 Å². The largest absolute Gasteiger partial charge is 0.477 e. The molecule has 0 fully saturated rings. The molecule has 0 bridgehead atoms. The van der Waals surface area contributed by atoms with Crippen LogP contribution in [-0.4, -0.2) is 16.1 Å². The van der Waals surface area contributed by atoms with Gasteiger partial charge in [-0.1, -0.05) is 15.9 Å². The molecule has 1 rings (SSSR count). The summed E-state index contributed by atoms with van der Waals surface area (Å²) in [5, 5.41) is 17.7. The number of hydrogen-bond acceptors (Lipinski definition) is 3. The minimum atomic E-state index is -1.09. The van der Waals surface area contributed by atoms with Crippen molar-refractivity contribution in [3.63, 3.8) is 0 Å². The maximum Gasteiger partial charge on any atom is 0.354 e. The van der Waals surface area contributed by atoms with Gasteiger partial charge >= 0.3 is 5.97 Å². The van der Waals surface area contributed by atoms with E-state index in [1.165, 1.54) is 12.3 Å². The van der Waals surface area contributed by atoms with Gasteiger partial charge in [-0.3, -0.25) is 0 Å². The van der Waals surface area contributed by atoms with Gasteiger partial charge in [-0.05, 0) is 11.6 Å². The van der Waals surface area contributed by atoms with E-state index in [9.17, 15) is 4.79 Å². The van der Waals surface area contributed by atoms with Crippen molar-refractivity contribution < 1.29 is 9.90 Å². The van der Waals surface area contributed by atoms with Crippen molar-refractivity contribution >= 4 is 21.9 Å². The van der Waals surface area contributed by atoms with Crippen molar-refractivity contribution in [2.24, 2.45) is 0 Å². The predicted octanol–water partition coefficient (Wildman–Crippen LogP) is 1.55. The van der Waals surface area contributed by atoms with Crippen LogP contribution in [0.15, 0.2) is 12.3 Å². The number of rotatable bonds is 2. The summed E-state index contributed by atoms with van der Waals surface area (Å²) in [5.41, 5.74) is 0.977. The van der Waals surface area contributed by atoms with Crippen molar-refractivity contribution in [2.75, 3.05) is 0 Å². The lowest BCUT2D eigenvalue weighted by atomic mass is 10.1. The molecule has 0 amide bonds. The highest BCUT2D eigenvalue weighted by Crippen LogP contribution is 2.12. The van der Waals surface area contributed by atoms with E-state index >= 15 is 0 Å².